The van der Waals surface area contributed by atoms with E-state index in [4.69, 9.17) is 4.74 Å². The minimum absolute atomic E-state index is 0.0750. The molecule has 28 heavy (non-hydrogen) atoms. The van der Waals surface area contributed by atoms with Gasteiger partial charge in [0.2, 0.25) is 5.16 Å². The topological polar surface area (TPSA) is 77.3 Å². The molecule has 4 rings (SSSR count). The zero-order valence-corrected chi connectivity index (χ0v) is 16.0. The Morgan fingerprint density at radius 3 is 2.61 bits per heavy atom. The number of rotatable bonds is 5. The maximum atomic E-state index is 13.6. The number of ether oxygens (including phenoxy) is 1. The first-order valence-electron chi connectivity index (χ1n) is 8.19. The van der Waals surface area contributed by atoms with Gasteiger partial charge in [-0.2, -0.15) is 17.5 Å². The van der Waals surface area contributed by atoms with E-state index in [-0.39, 0.29) is 23.9 Å². The highest BCUT2D eigenvalue weighted by atomic mass is 32.2. The molecule has 0 atom stereocenters. The standard InChI is InChI=1S/C17H14F2N4O3S2/c18-12-4-6-14(7-5-12)26-11-16-20-21-17-23(16)22(8-9-27-17)28(24,25)15-3-1-2-13(19)10-15/h1-7,10H,8-9,11H2. The molecule has 11 heteroatoms. The lowest BCUT2D eigenvalue weighted by Crippen LogP contribution is -2.45. The maximum Gasteiger partial charge on any atom is 0.278 e. The number of aromatic nitrogens is 3. The number of hydrogen-bond acceptors (Lipinski definition) is 6. The number of fused-ring (bicyclic) bond motifs is 1. The van der Waals surface area contributed by atoms with Crippen molar-refractivity contribution in [3.05, 3.63) is 66.0 Å². The van der Waals surface area contributed by atoms with Crippen LogP contribution in [-0.2, 0) is 16.6 Å². The molecule has 0 saturated heterocycles. The van der Waals surface area contributed by atoms with E-state index >= 15 is 0 Å². The van der Waals surface area contributed by atoms with E-state index in [1.807, 2.05) is 0 Å². The third-order valence-electron chi connectivity index (χ3n) is 3.97. The largest absolute Gasteiger partial charge is 0.486 e. The number of thioether (sulfide) groups is 1. The molecule has 3 aromatic rings. The summed E-state index contributed by atoms with van der Waals surface area (Å²) in [5, 5.41) is 8.42. The van der Waals surface area contributed by atoms with Gasteiger partial charge in [0.05, 0.1) is 11.4 Å². The van der Waals surface area contributed by atoms with E-state index in [0.29, 0.717) is 16.7 Å². The predicted octanol–water partition coefficient (Wildman–Crippen LogP) is 2.57. The van der Waals surface area contributed by atoms with Crippen LogP contribution in [0.2, 0.25) is 0 Å². The molecular formula is C17H14F2N4O3S2. The lowest BCUT2D eigenvalue weighted by atomic mass is 10.3. The Hall–Kier alpha value is -2.66. The number of benzene rings is 2. The Labute approximate surface area is 164 Å². The first-order valence-corrected chi connectivity index (χ1v) is 10.6. The third kappa shape index (κ3) is 3.54. The highest BCUT2D eigenvalue weighted by Crippen LogP contribution is 2.27. The fourth-order valence-electron chi connectivity index (χ4n) is 2.67. The van der Waals surface area contributed by atoms with Gasteiger partial charge in [-0.25, -0.2) is 8.78 Å². The first-order chi connectivity index (χ1) is 13.4. The summed E-state index contributed by atoms with van der Waals surface area (Å²) < 4.78 is 60.7. The van der Waals surface area contributed by atoms with Gasteiger partial charge in [0.1, 0.15) is 24.0 Å². The van der Waals surface area contributed by atoms with Crippen LogP contribution >= 0.6 is 11.8 Å². The van der Waals surface area contributed by atoms with Gasteiger partial charge in [-0.3, -0.25) is 0 Å². The van der Waals surface area contributed by atoms with Crippen molar-refractivity contribution >= 4 is 21.8 Å². The zero-order chi connectivity index (χ0) is 19.7. The van der Waals surface area contributed by atoms with Gasteiger partial charge in [-0.1, -0.05) is 17.8 Å². The van der Waals surface area contributed by atoms with Crippen molar-refractivity contribution in [1.82, 2.24) is 14.9 Å². The van der Waals surface area contributed by atoms with Crippen molar-refractivity contribution < 1.29 is 21.9 Å². The lowest BCUT2D eigenvalue weighted by molar-refractivity contribution is 0.288. The summed E-state index contributed by atoms with van der Waals surface area (Å²) in [5.41, 5.74) is 0. The monoisotopic (exact) mass is 424 g/mol. The average molecular weight is 424 g/mol. The summed E-state index contributed by atoms with van der Waals surface area (Å²) >= 11 is 1.36. The second-order valence-electron chi connectivity index (χ2n) is 5.81. The molecule has 1 aliphatic heterocycles. The Balaban J connectivity index is 1.65. The number of nitrogens with zero attached hydrogens (tertiary/aromatic N) is 4. The molecule has 0 radical (unpaired) electrons. The third-order valence-corrected chi connectivity index (χ3v) is 6.62. The molecule has 0 bridgehead atoms. The second-order valence-corrected chi connectivity index (χ2v) is 8.71. The van der Waals surface area contributed by atoms with Crippen molar-refractivity contribution in [3.8, 4) is 5.75 Å². The molecule has 0 saturated carbocycles. The molecule has 0 amide bonds. The molecule has 0 unspecified atom stereocenters. The van der Waals surface area contributed by atoms with E-state index in [1.165, 1.54) is 58.9 Å². The van der Waals surface area contributed by atoms with Crippen molar-refractivity contribution in [3.63, 3.8) is 0 Å². The van der Waals surface area contributed by atoms with Crippen LogP contribution in [0.15, 0.2) is 58.6 Å². The zero-order valence-electron chi connectivity index (χ0n) is 14.3. The molecule has 0 fully saturated rings. The molecule has 0 spiro atoms. The van der Waals surface area contributed by atoms with Crippen LogP contribution in [0.5, 0.6) is 5.75 Å². The van der Waals surface area contributed by atoms with E-state index < -0.39 is 21.7 Å². The number of halogens is 2. The van der Waals surface area contributed by atoms with Crippen molar-refractivity contribution in [2.24, 2.45) is 0 Å². The number of hydrogen-bond donors (Lipinski definition) is 0. The minimum Gasteiger partial charge on any atom is -0.486 e. The highest BCUT2D eigenvalue weighted by Gasteiger charge is 2.33. The van der Waals surface area contributed by atoms with Gasteiger partial charge in [-0.05, 0) is 42.5 Å². The van der Waals surface area contributed by atoms with E-state index in [0.717, 1.165) is 10.5 Å². The first kappa shape index (κ1) is 18.7. The summed E-state index contributed by atoms with van der Waals surface area (Å²) in [6.07, 6.45) is 0. The van der Waals surface area contributed by atoms with Crippen molar-refractivity contribution in [2.45, 2.75) is 16.7 Å². The Bertz CT molecular complexity index is 1100. The van der Waals surface area contributed by atoms with Gasteiger partial charge in [-0.15, -0.1) is 10.2 Å². The fourth-order valence-corrected chi connectivity index (χ4v) is 5.18. The van der Waals surface area contributed by atoms with Crippen LogP contribution in [-0.4, -0.2) is 35.6 Å². The Morgan fingerprint density at radius 1 is 1.07 bits per heavy atom. The molecule has 0 aliphatic carbocycles. The molecule has 2 heterocycles. The van der Waals surface area contributed by atoms with E-state index in [1.54, 1.807) is 0 Å². The quantitative estimate of drug-likeness (QED) is 0.627. The summed E-state index contributed by atoms with van der Waals surface area (Å²) in [5.74, 6) is 0.103. The Morgan fingerprint density at radius 2 is 1.86 bits per heavy atom. The Kier molecular flexibility index (Phi) is 4.94. The lowest BCUT2D eigenvalue weighted by Gasteiger charge is -2.30. The molecular weight excluding hydrogens is 410 g/mol. The smallest absolute Gasteiger partial charge is 0.278 e. The van der Waals surface area contributed by atoms with Crippen LogP contribution in [0.25, 0.3) is 0 Å². The van der Waals surface area contributed by atoms with Gasteiger partial charge in [0.15, 0.2) is 5.82 Å². The minimum atomic E-state index is -4.02. The normalized spacial score (nSPS) is 14.0. The van der Waals surface area contributed by atoms with Crippen LogP contribution in [0, 0.1) is 11.6 Å². The average Bonchev–Trinajstić information content (AvgIpc) is 3.11. The highest BCUT2D eigenvalue weighted by molar-refractivity contribution is 7.99. The molecule has 146 valence electrons. The van der Waals surface area contributed by atoms with Crippen LogP contribution in [0.1, 0.15) is 5.82 Å². The van der Waals surface area contributed by atoms with Crippen LogP contribution in [0.4, 0.5) is 8.78 Å². The second kappa shape index (κ2) is 7.40. The van der Waals surface area contributed by atoms with Gasteiger partial charge in [0, 0.05) is 5.75 Å². The van der Waals surface area contributed by atoms with E-state index in [2.05, 4.69) is 10.2 Å². The fraction of sp³-hybridized carbons (Fsp3) is 0.176. The number of sulfonamides is 1. The maximum absolute atomic E-state index is 13.6. The molecule has 1 aliphatic rings. The summed E-state index contributed by atoms with van der Waals surface area (Å²) in [6.45, 7) is 0.0897. The summed E-state index contributed by atoms with van der Waals surface area (Å²) in [4.78, 5) is -0.163. The van der Waals surface area contributed by atoms with Gasteiger partial charge in [0.25, 0.3) is 10.0 Å². The summed E-state index contributed by atoms with van der Waals surface area (Å²) in [6, 6.07) is 10.2. The summed E-state index contributed by atoms with van der Waals surface area (Å²) in [7, 11) is -4.02. The predicted molar refractivity (Wildman–Crippen MR) is 98.1 cm³/mol. The molecule has 1 aromatic heterocycles. The van der Waals surface area contributed by atoms with Crippen LogP contribution in [0.3, 0.4) is 0 Å². The van der Waals surface area contributed by atoms with Crippen LogP contribution < -0.4 is 9.15 Å². The molecule has 2 aromatic carbocycles. The van der Waals surface area contributed by atoms with Crippen molar-refractivity contribution in [2.75, 3.05) is 16.7 Å². The SMILES string of the molecule is O=S(=O)(c1cccc(F)c1)N1CCSc2nnc(COc3ccc(F)cc3)n21. The molecule has 7 nitrogen and oxygen atoms in total. The van der Waals surface area contributed by atoms with E-state index in [9.17, 15) is 17.2 Å². The van der Waals surface area contributed by atoms with Crippen molar-refractivity contribution in [1.29, 1.82) is 0 Å². The van der Waals surface area contributed by atoms with Gasteiger partial charge < -0.3 is 4.74 Å². The van der Waals surface area contributed by atoms with Gasteiger partial charge >= 0.3 is 0 Å². The molecule has 0 N–H and O–H groups in total.